The van der Waals surface area contributed by atoms with Gasteiger partial charge in [-0.25, -0.2) is 0 Å². The van der Waals surface area contributed by atoms with Crippen LogP contribution in [0.2, 0.25) is 0 Å². The van der Waals surface area contributed by atoms with E-state index in [9.17, 15) is 9.59 Å². The van der Waals surface area contributed by atoms with Crippen LogP contribution < -0.4 is 10.2 Å². The number of carbonyl (C=O) groups excluding carboxylic acids is 2. The molecule has 0 atom stereocenters. The van der Waals surface area contributed by atoms with Crippen LogP contribution in [0, 0.1) is 6.92 Å². The number of nitrogens with one attached hydrogen (secondary N) is 1. The van der Waals surface area contributed by atoms with Crippen LogP contribution in [-0.2, 0) is 9.59 Å². The number of hydrogen-bond acceptors (Lipinski definition) is 2. The molecule has 1 aromatic rings. The maximum Gasteiger partial charge on any atom is 0.223 e. The van der Waals surface area contributed by atoms with Crippen LogP contribution >= 0.6 is 15.9 Å². The summed E-state index contributed by atoms with van der Waals surface area (Å²) in [4.78, 5) is 24.8. The Morgan fingerprint density at radius 2 is 2.05 bits per heavy atom. The molecule has 0 unspecified atom stereocenters. The normalized spacial score (nSPS) is 10.2. The van der Waals surface area contributed by atoms with Crippen molar-refractivity contribution in [2.45, 2.75) is 33.6 Å². The van der Waals surface area contributed by atoms with E-state index in [1.54, 1.807) is 4.90 Å². The van der Waals surface area contributed by atoms with Crippen molar-refractivity contribution < 1.29 is 9.59 Å². The van der Waals surface area contributed by atoms with Gasteiger partial charge in [-0.1, -0.05) is 22.9 Å². The lowest BCUT2D eigenvalue weighted by molar-refractivity contribution is -0.121. The number of rotatable bonds is 6. The molecule has 1 N–H and O–H groups in total. The number of carbonyl (C=O) groups is 2. The number of hydrogen-bond donors (Lipinski definition) is 1. The minimum Gasteiger partial charge on any atom is -0.354 e. The van der Waals surface area contributed by atoms with Gasteiger partial charge in [-0.2, -0.15) is 0 Å². The van der Waals surface area contributed by atoms with Gasteiger partial charge < -0.3 is 10.2 Å². The first kappa shape index (κ1) is 16.7. The molecule has 0 spiro atoms. The number of amides is 2. The van der Waals surface area contributed by atoms with Crippen LogP contribution in [0.5, 0.6) is 0 Å². The molecule has 5 heteroatoms. The van der Waals surface area contributed by atoms with Crippen molar-refractivity contribution in [3.05, 3.63) is 28.2 Å². The van der Waals surface area contributed by atoms with Crippen molar-refractivity contribution >= 4 is 33.4 Å². The van der Waals surface area contributed by atoms with E-state index in [1.165, 1.54) is 6.92 Å². The molecule has 0 aromatic heterocycles. The summed E-state index contributed by atoms with van der Waals surface area (Å²) in [7, 11) is 0. The first-order valence-corrected chi connectivity index (χ1v) is 7.56. The molecule has 20 heavy (non-hydrogen) atoms. The maximum absolute atomic E-state index is 11.7. The van der Waals surface area contributed by atoms with Crippen LogP contribution in [-0.4, -0.2) is 24.9 Å². The molecular formula is C15H21BrN2O2. The second-order valence-electron chi connectivity index (χ2n) is 4.70. The average molecular weight is 341 g/mol. The quantitative estimate of drug-likeness (QED) is 0.865. The molecule has 110 valence electrons. The summed E-state index contributed by atoms with van der Waals surface area (Å²) in [5, 5.41) is 2.82. The van der Waals surface area contributed by atoms with E-state index in [0.29, 0.717) is 19.5 Å². The van der Waals surface area contributed by atoms with E-state index in [1.807, 2.05) is 32.0 Å². The third kappa shape index (κ3) is 4.96. The topological polar surface area (TPSA) is 49.4 Å². The van der Waals surface area contributed by atoms with Gasteiger partial charge in [-0.15, -0.1) is 0 Å². The van der Waals surface area contributed by atoms with Gasteiger partial charge >= 0.3 is 0 Å². The lowest BCUT2D eigenvalue weighted by atomic mass is 10.2. The van der Waals surface area contributed by atoms with Gasteiger partial charge in [0, 0.05) is 36.6 Å². The Morgan fingerprint density at radius 3 is 2.60 bits per heavy atom. The Hall–Kier alpha value is -1.36. The first-order chi connectivity index (χ1) is 9.45. The number of anilines is 1. The summed E-state index contributed by atoms with van der Waals surface area (Å²) in [6.07, 6.45) is 1.35. The summed E-state index contributed by atoms with van der Waals surface area (Å²) < 4.78 is 1.01. The first-order valence-electron chi connectivity index (χ1n) is 6.76. The highest BCUT2D eigenvalue weighted by Gasteiger charge is 2.12. The predicted octanol–water partition coefficient (Wildman–Crippen LogP) is 3.03. The summed E-state index contributed by atoms with van der Waals surface area (Å²) in [6.45, 7) is 6.42. The van der Waals surface area contributed by atoms with Crippen LogP contribution in [0.4, 0.5) is 5.69 Å². The van der Waals surface area contributed by atoms with Gasteiger partial charge in [0.05, 0.1) is 0 Å². The molecule has 2 amide bonds. The van der Waals surface area contributed by atoms with Crippen molar-refractivity contribution in [3.8, 4) is 0 Å². The van der Waals surface area contributed by atoms with Crippen molar-refractivity contribution in [1.29, 1.82) is 0 Å². The van der Waals surface area contributed by atoms with Gasteiger partial charge in [0.25, 0.3) is 0 Å². The van der Waals surface area contributed by atoms with E-state index in [-0.39, 0.29) is 11.8 Å². The zero-order valence-electron chi connectivity index (χ0n) is 12.2. The Morgan fingerprint density at radius 1 is 1.35 bits per heavy atom. The molecule has 0 bridgehead atoms. The Kier molecular flexibility index (Phi) is 6.71. The van der Waals surface area contributed by atoms with Crippen LogP contribution in [0.3, 0.4) is 0 Å². The van der Waals surface area contributed by atoms with Gasteiger partial charge in [-0.05, 0) is 37.1 Å². The SMILES string of the molecule is CCCC(=O)NCCN(C(C)=O)c1ccc(Br)c(C)c1. The third-order valence-electron chi connectivity index (χ3n) is 2.97. The fourth-order valence-electron chi connectivity index (χ4n) is 1.89. The molecule has 0 radical (unpaired) electrons. The van der Waals surface area contributed by atoms with Crippen LogP contribution in [0.25, 0.3) is 0 Å². The summed E-state index contributed by atoms with van der Waals surface area (Å²) >= 11 is 3.44. The average Bonchev–Trinajstić information content (AvgIpc) is 2.38. The molecule has 0 heterocycles. The molecule has 0 saturated heterocycles. The standard InChI is InChI=1S/C15H21BrN2O2/c1-4-5-15(20)17-8-9-18(12(3)19)13-6-7-14(16)11(2)10-13/h6-7,10H,4-5,8-9H2,1-3H3,(H,17,20). The molecule has 0 aliphatic carbocycles. The van der Waals surface area contributed by atoms with E-state index in [4.69, 9.17) is 0 Å². The fraction of sp³-hybridized carbons (Fsp3) is 0.467. The third-order valence-corrected chi connectivity index (χ3v) is 3.86. The van der Waals surface area contributed by atoms with Crippen LogP contribution in [0.15, 0.2) is 22.7 Å². The number of halogens is 1. The van der Waals surface area contributed by atoms with Crippen molar-refractivity contribution in [3.63, 3.8) is 0 Å². The minimum atomic E-state index is -0.0311. The molecule has 1 rings (SSSR count). The van der Waals surface area contributed by atoms with Gasteiger partial charge in [-0.3, -0.25) is 9.59 Å². The molecule has 0 fully saturated rings. The van der Waals surface area contributed by atoms with Crippen molar-refractivity contribution in [1.82, 2.24) is 5.32 Å². The van der Waals surface area contributed by atoms with Crippen molar-refractivity contribution in [2.24, 2.45) is 0 Å². The van der Waals surface area contributed by atoms with E-state index in [0.717, 1.165) is 22.1 Å². The number of aryl methyl sites for hydroxylation is 1. The van der Waals surface area contributed by atoms with Crippen LogP contribution in [0.1, 0.15) is 32.3 Å². The fourth-order valence-corrected chi connectivity index (χ4v) is 2.13. The van der Waals surface area contributed by atoms with Gasteiger partial charge in [0.15, 0.2) is 0 Å². The Balaban J connectivity index is 2.67. The number of nitrogens with zero attached hydrogens (tertiary/aromatic N) is 1. The second kappa shape index (κ2) is 8.04. The lowest BCUT2D eigenvalue weighted by Crippen LogP contribution is -2.37. The monoisotopic (exact) mass is 340 g/mol. The highest BCUT2D eigenvalue weighted by Crippen LogP contribution is 2.22. The molecule has 0 aliphatic heterocycles. The molecule has 4 nitrogen and oxygen atoms in total. The zero-order chi connectivity index (χ0) is 15.1. The predicted molar refractivity (Wildman–Crippen MR) is 84.8 cm³/mol. The highest BCUT2D eigenvalue weighted by atomic mass is 79.9. The smallest absolute Gasteiger partial charge is 0.223 e. The summed E-state index contributed by atoms with van der Waals surface area (Å²) in [5.74, 6) is -0.000508. The van der Waals surface area contributed by atoms with Gasteiger partial charge in [0.2, 0.25) is 11.8 Å². The second-order valence-corrected chi connectivity index (χ2v) is 5.56. The van der Waals surface area contributed by atoms with E-state index < -0.39 is 0 Å². The molecular weight excluding hydrogens is 320 g/mol. The lowest BCUT2D eigenvalue weighted by Gasteiger charge is -2.22. The molecule has 0 saturated carbocycles. The molecule has 1 aromatic carbocycles. The number of benzene rings is 1. The maximum atomic E-state index is 11.7. The largest absolute Gasteiger partial charge is 0.354 e. The summed E-state index contributed by atoms with van der Waals surface area (Å²) in [6, 6.07) is 5.78. The Labute approximate surface area is 128 Å². The van der Waals surface area contributed by atoms with Crippen molar-refractivity contribution in [2.75, 3.05) is 18.0 Å². The van der Waals surface area contributed by atoms with E-state index in [2.05, 4.69) is 21.2 Å². The highest BCUT2D eigenvalue weighted by molar-refractivity contribution is 9.10. The van der Waals surface area contributed by atoms with E-state index >= 15 is 0 Å². The minimum absolute atomic E-state index is 0.0305. The van der Waals surface area contributed by atoms with Gasteiger partial charge in [0.1, 0.15) is 0 Å². The molecule has 0 aliphatic rings. The Bertz CT molecular complexity index is 489. The summed E-state index contributed by atoms with van der Waals surface area (Å²) in [5.41, 5.74) is 1.92. The zero-order valence-corrected chi connectivity index (χ0v) is 13.8.